The lowest BCUT2D eigenvalue weighted by molar-refractivity contribution is -0.142. The summed E-state index contributed by atoms with van der Waals surface area (Å²) >= 11 is 0. The Bertz CT molecular complexity index is 282. The minimum absolute atomic E-state index is 0.296. The summed E-state index contributed by atoms with van der Waals surface area (Å²) in [5.41, 5.74) is 0.629. The summed E-state index contributed by atoms with van der Waals surface area (Å²) in [5.74, 6) is -0.640. The van der Waals surface area contributed by atoms with Crippen molar-refractivity contribution in [2.24, 2.45) is 7.05 Å². The molecule has 0 aliphatic rings. The maximum atomic E-state index is 11.0. The average Bonchev–Trinajstić information content (AvgIpc) is 2.49. The standard InChI is InChI=1S/C7H11N3O2/c1-5(7(11)12-3)6-4-10(2)9-8-6/h4-5H,1-3H3. The summed E-state index contributed by atoms with van der Waals surface area (Å²) in [6.07, 6.45) is 1.70. The number of ether oxygens (including phenoxy) is 1. The summed E-state index contributed by atoms with van der Waals surface area (Å²) < 4.78 is 6.11. The highest BCUT2D eigenvalue weighted by Crippen LogP contribution is 2.11. The van der Waals surface area contributed by atoms with Crippen molar-refractivity contribution in [1.82, 2.24) is 15.0 Å². The molecule has 0 aliphatic carbocycles. The van der Waals surface area contributed by atoms with Crippen LogP contribution in [0.15, 0.2) is 6.20 Å². The summed E-state index contributed by atoms with van der Waals surface area (Å²) in [4.78, 5) is 11.0. The minimum Gasteiger partial charge on any atom is -0.469 e. The number of methoxy groups -OCH3 is 1. The number of hydrogen-bond donors (Lipinski definition) is 0. The molecule has 0 N–H and O–H groups in total. The third-order valence-corrected chi connectivity index (χ3v) is 1.62. The lowest BCUT2D eigenvalue weighted by atomic mass is 10.1. The zero-order chi connectivity index (χ0) is 9.14. The number of rotatable bonds is 2. The molecule has 0 amide bonds. The predicted octanol–water partition coefficient (Wildman–Crippen LogP) is 0.0916. The maximum Gasteiger partial charge on any atom is 0.314 e. The van der Waals surface area contributed by atoms with Gasteiger partial charge in [0.2, 0.25) is 0 Å². The molecule has 1 atom stereocenters. The Morgan fingerprint density at radius 2 is 2.42 bits per heavy atom. The highest BCUT2D eigenvalue weighted by molar-refractivity contribution is 5.76. The molecule has 1 heterocycles. The third-order valence-electron chi connectivity index (χ3n) is 1.62. The Kier molecular flexibility index (Phi) is 2.42. The lowest BCUT2D eigenvalue weighted by Gasteiger charge is -2.03. The fraction of sp³-hybridized carbons (Fsp3) is 0.571. The van der Waals surface area contributed by atoms with E-state index in [4.69, 9.17) is 0 Å². The third kappa shape index (κ3) is 1.61. The highest BCUT2D eigenvalue weighted by Gasteiger charge is 2.18. The molecule has 0 aliphatic heterocycles. The molecule has 0 saturated carbocycles. The van der Waals surface area contributed by atoms with E-state index in [-0.39, 0.29) is 11.9 Å². The van der Waals surface area contributed by atoms with Crippen LogP contribution >= 0.6 is 0 Å². The molecule has 12 heavy (non-hydrogen) atoms. The molecule has 0 bridgehead atoms. The monoisotopic (exact) mass is 169 g/mol. The van der Waals surface area contributed by atoms with Gasteiger partial charge in [-0.15, -0.1) is 5.10 Å². The van der Waals surface area contributed by atoms with E-state index in [2.05, 4.69) is 15.0 Å². The smallest absolute Gasteiger partial charge is 0.314 e. The first-order valence-corrected chi connectivity index (χ1v) is 3.59. The molecule has 1 aromatic heterocycles. The van der Waals surface area contributed by atoms with E-state index in [1.165, 1.54) is 7.11 Å². The molecule has 5 nitrogen and oxygen atoms in total. The number of carbonyl (C=O) groups is 1. The molecule has 1 aromatic rings. The molecule has 0 spiro atoms. The molecular formula is C7H11N3O2. The van der Waals surface area contributed by atoms with Crippen LogP contribution < -0.4 is 0 Å². The van der Waals surface area contributed by atoms with Crippen molar-refractivity contribution in [3.05, 3.63) is 11.9 Å². The normalized spacial score (nSPS) is 12.6. The summed E-state index contributed by atoms with van der Waals surface area (Å²) in [7, 11) is 3.11. The van der Waals surface area contributed by atoms with Gasteiger partial charge in [0.15, 0.2) is 0 Å². The van der Waals surface area contributed by atoms with Crippen LogP contribution in [0, 0.1) is 0 Å². The van der Waals surface area contributed by atoms with E-state index < -0.39 is 0 Å². The van der Waals surface area contributed by atoms with E-state index in [9.17, 15) is 4.79 Å². The summed E-state index contributed by atoms with van der Waals surface area (Å²) in [6.45, 7) is 1.73. The fourth-order valence-corrected chi connectivity index (χ4v) is 0.861. The van der Waals surface area contributed by atoms with Gasteiger partial charge in [0.05, 0.1) is 18.7 Å². The van der Waals surface area contributed by atoms with Crippen LogP contribution in [0.1, 0.15) is 18.5 Å². The Hall–Kier alpha value is -1.39. The molecule has 0 fully saturated rings. The largest absolute Gasteiger partial charge is 0.469 e. The van der Waals surface area contributed by atoms with Crippen LogP contribution in [0.4, 0.5) is 0 Å². The quantitative estimate of drug-likeness (QED) is 0.589. The molecular weight excluding hydrogens is 158 g/mol. The van der Waals surface area contributed by atoms with Crippen molar-refractivity contribution in [3.8, 4) is 0 Å². The fourth-order valence-electron chi connectivity index (χ4n) is 0.861. The molecule has 0 aromatic carbocycles. The van der Waals surface area contributed by atoms with E-state index in [0.717, 1.165) is 0 Å². The number of aromatic nitrogens is 3. The van der Waals surface area contributed by atoms with Crippen molar-refractivity contribution in [2.75, 3.05) is 7.11 Å². The van der Waals surface area contributed by atoms with Crippen LogP contribution in [0.25, 0.3) is 0 Å². The van der Waals surface area contributed by atoms with Crippen molar-refractivity contribution in [2.45, 2.75) is 12.8 Å². The first kappa shape index (κ1) is 8.70. The van der Waals surface area contributed by atoms with E-state index in [0.29, 0.717) is 5.69 Å². The SMILES string of the molecule is COC(=O)C(C)c1cn(C)nn1. The first-order valence-electron chi connectivity index (χ1n) is 3.59. The second-order valence-corrected chi connectivity index (χ2v) is 2.56. The number of carbonyl (C=O) groups excluding carboxylic acids is 1. The van der Waals surface area contributed by atoms with Gasteiger partial charge in [0.25, 0.3) is 0 Å². The topological polar surface area (TPSA) is 57.0 Å². The summed E-state index contributed by atoms with van der Waals surface area (Å²) in [5, 5.41) is 7.51. The highest BCUT2D eigenvalue weighted by atomic mass is 16.5. The van der Waals surface area contributed by atoms with Gasteiger partial charge in [-0.25, -0.2) is 0 Å². The lowest BCUT2D eigenvalue weighted by Crippen LogP contribution is -2.11. The van der Waals surface area contributed by atoms with Crippen LogP contribution in [0.3, 0.4) is 0 Å². The number of nitrogens with zero attached hydrogens (tertiary/aromatic N) is 3. The minimum atomic E-state index is -0.344. The van der Waals surface area contributed by atoms with Crippen LogP contribution in [-0.2, 0) is 16.6 Å². The average molecular weight is 169 g/mol. The van der Waals surface area contributed by atoms with Crippen molar-refractivity contribution in [1.29, 1.82) is 0 Å². The Morgan fingerprint density at radius 3 is 2.83 bits per heavy atom. The number of hydrogen-bond acceptors (Lipinski definition) is 4. The molecule has 5 heteroatoms. The van der Waals surface area contributed by atoms with Crippen LogP contribution in [0.5, 0.6) is 0 Å². The van der Waals surface area contributed by atoms with Gasteiger partial charge in [-0.2, -0.15) is 0 Å². The van der Waals surface area contributed by atoms with Gasteiger partial charge < -0.3 is 4.74 Å². The van der Waals surface area contributed by atoms with Gasteiger partial charge in [-0.05, 0) is 6.92 Å². The molecule has 1 unspecified atom stereocenters. The van der Waals surface area contributed by atoms with Gasteiger partial charge in [-0.1, -0.05) is 5.21 Å². The van der Waals surface area contributed by atoms with Crippen molar-refractivity contribution in [3.63, 3.8) is 0 Å². The molecule has 1 rings (SSSR count). The van der Waals surface area contributed by atoms with Gasteiger partial charge in [0, 0.05) is 13.2 Å². The second-order valence-electron chi connectivity index (χ2n) is 2.56. The van der Waals surface area contributed by atoms with Gasteiger partial charge in [-0.3, -0.25) is 9.48 Å². The van der Waals surface area contributed by atoms with Crippen LogP contribution in [-0.4, -0.2) is 28.1 Å². The Labute approximate surface area is 70.3 Å². The Balaban J connectivity index is 2.77. The van der Waals surface area contributed by atoms with Crippen molar-refractivity contribution >= 4 is 5.97 Å². The van der Waals surface area contributed by atoms with Crippen LogP contribution in [0.2, 0.25) is 0 Å². The van der Waals surface area contributed by atoms with E-state index >= 15 is 0 Å². The van der Waals surface area contributed by atoms with Gasteiger partial charge in [0.1, 0.15) is 0 Å². The zero-order valence-corrected chi connectivity index (χ0v) is 7.31. The summed E-state index contributed by atoms with van der Waals surface area (Å²) in [6, 6.07) is 0. The van der Waals surface area contributed by atoms with Crippen molar-refractivity contribution < 1.29 is 9.53 Å². The zero-order valence-electron chi connectivity index (χ0n) is 7.31. The van der Waals surface area contributed by atoms with Gasteiger partial charge >= 0.3 is 5.97 Å². The first-order chi connectivity index (χ1) is 5.65. The Morgan fingerprint density at radius 1 is 1.75 bits per heavy atom. The maximum absolute atomic E-state index is 11.0. The molecule has 0 saturated heterocycles. The molecule has 66 valence electrons. The number of esters is 1. The predicted molar refractivity (Wildman–Crippen MR) is 41.4 cm³/mol. The van der Waals surface area contributed by atoms with E-state index in [1.807, 2.05) is 0 Å². The second kappa shape index (κ2) is 3.34. The molecule has 0 radical (unpaired) electrons. The van der Waals surface area contributed by atoms with E-state index in [1.54, 1.807) is 24.9 Å². The number of aryl methyl sites for hydroxylation is 1.